The van der Waals surface area contributed by atoms with Crippen molar-refractivity contribution >= 4 is 0 Å². The lowest BCUT2D eigenvalue weighted by molar-refractivity contribution is 0.107. The highest BCUT2D eigenvalue weighted by molar-refractivity contribution is 4.97. The highest BCUT2D eigenvalue weighted by atomic mass is 16.5. The van der Waals surface area contributed by atoms with E-state index in [0.29, 0.717) is 0 Å². The van der Waals surface area contributed by atoms with Crippen LogP contribution in [0, 0.1) is 12.3 Å². The molecule has 0 aromatic carbocycles. The van der Waals surface area contributed by atoms with E-state index >= 15 is 0 Å². The molecule has 0 aliphatic heterocycles. The molecule has 0 saturated heterocycles. The van der Waals surface area contributed by atoms with Crippen LogP contribution in [0.25, 0.3) is 0 Å². The van der Waals surface area contributed by atoms with Crippen LogP contribution < -0.4 is 11.3 Å². The first kappa shape index (κ1) is 10.4. The van der Waals surface area contributed by atoms with Gasteiger partial charge in [-0.3, -0.25) is 5.84 Å². The maximum atomic E-state index is 5.18. The number of hydrogen-bond acceptors (Lipinski definition) is 3. The van der Waals surface area contributed by atoms with Crippen LogP contribution in [0.15, 0.2) is 0 Å². The van der Waals surface area contributed by atoms with Gasteiger partial charge in [0.05, 0.1) is 12.1 Å². The average Bonchev–Trinajstić information content (AvgIpc) is 2.06. The molecule has 0 heterocycles. The topological polar surface area (TPSA) is 47.3 Å². The van der Waals surface area contributed by atoms with E-state index in [1.165, 1.54) is 0 Å². The molecule has 0 aliphatic rings. The summed E-state index contributed by atoms with van der Waals surface area (Å²) in [6, 6.07) is -0.0346. The highest BCUT2D eigenvalue weighted by Crippen LogP contribution is 2.02. The summed E-state index contributed by atoms with van der Waals surface area (Å²) in [7, 11) is 1.69. The van der Waals surface area contributed by atoms with Gasteiger partial charge in [0.1, 0.15) is 0 Å². The Hall–Kier alpha value is -0.560. The molecule has 0 radical (unpaired) electrons. The van der Waals surface area contributed by atoms with Gasteiger partial charge >= 0.3 is 0 Å². The third-order valence-corrected chi connectivity index (χ3v) is 1.67. The standard InChI is InChI=1S/C8H16N2O/c1-4-8(10-9)6-5-7(2)11-3/h1,7-8,10H,5-6,9H2,2-3H3. The van der Waals surface area contributed by atoms with Gasteiger partial charge in [0.25, 0.3) is 0 Å². The van der Waals surface area contributed by atoms with E-state index in [-0.39, 0.29) is 12.1 Å². The number of ether oxygens (including phenoxy) is 1. The second-order valence-electron chi connectivity index (χ2n) is 2.51. The van der Waals surface area contributed by atoms with E-state index in [4.69, 9.17) is 17.0 Å². The first-order chi connectivity index (χ1) is 5.24. The molecule has 0 spiro atoms. The molecule has 3 nitrogen and oxygen atoms in total. The summed E-state index contributed by atoms with van der Waals surface area (Å²) in [5.41, 5.74) is 2.54. The van der Waals surface area contributed by atoms with Crippen LogP contribution in [0.5, 0.6) is 0 Å². The van der Waals surface area contributed by atoms with Crippen molar-refractivity contribution < 1.29 is 4.74 Å². The molecule has 0 amide bonds. The fourth-order valence-corrected chi connectivity index (χ4v) is 0.734. The number of methoxy groups -OCH3 is 1. The van der Waals surface area contributed by atoms with Gasteiger partial charge < -0.3 is 4.74 Å². The smallest absolute Gasteiger partial charge is 0.0815 e. The Kier molecular flexibility index (Phi) is 5.86. The highest BCUT2D eigenvalue weighted by Gasteiger charge is 2.04. The minimum absolute atomic E-state index is 0.0346. The molecule has 0 aliphatic carbocycles. The van der Waals surface area contributed by atoms with E-state index in [1.54, 1.807) is 7.11 Å². The monoisotopic (exact) mass is 156 g/mol. The van der Waals surface area contributed by atoms with Crippen molar-refractivity contribution in [2.24, 2.45) is 5.84 Å². The maximum Gasteiger partial charge on any atom is 0.0815 e. The van der Waals surface area contributed by atoms with E-state index in [2.05, 4.69) is 11.3 Å². The van der Waals surface area contributed by atoms with Gasteiger partial charge in [-0.2, -0.15) is 0 Å². The second-order valence-corrected chi connectivity index (χ2v) is 2.51. The first-order valence-corrected chi connectivity index (χ1v) is 3.69. The zero-order chi connectivity index (χ0) is 8.69. The van der Waals surface area contributed by atoms with E-state index in [0.717, 1.165) is 12.8 Å². The van der Waals surface area contributed by atoms with Crippen LogP contribution >= 0.6 is 0 Å². The Balaban J connectivity index is 3.44. The molecule has 0 aromatic rings. The van der Waals surface area contributed by atoms with E-state index in [9.17, 15) is 0 Å². The van der Waals surface area contributed by atoms with E-state index in [1.807, 2.05) is 6.92 Å². The summed E-state index contributed by atoms with van der Waals surface area (Å²) in [5, 5.41) is 0. The van der Waals surface area contributed by atoms with Gasteiger partial charge in [0.2, 0.25) is 0 Å². The Morgan fingerprint density at radius 3 is 2.64 bits per heavy atom. The molecule has 0 bridgehead atoms. The van der Waals surface area contributed by atoms with Crippen LogP contribution in [-0.2, 0) is 4.74 Å². The number of nitrogens with two attached hydrogens (primary N) is 1. The van der Waals surface area contributed by atoms with E-state index < -0.39 is 0 Å². The Morgan fingerprint density at radius 1 is 1.64 bits per heavy atom. The number of nitrogens with one attached hydrogen (secondary N) is 1. The Bertz CT molecular complexity index is 131. The fraction of sp³-hybridized carbons (Fsp3) is 0.750. The van der Waals surface area contributed by atoms with Crippen LogP contribution in [-0.4, -0.2) is 19.3 Å². The van der Waals surface area contributed by atoms with Crippen LogP contribution in [0.1, 0.15) is 19.8 Å². The zero-order valence-electron chi connectivity index (χ0n) is 7.13. The van der Waals surface area contributed by atoms with Gasteiger partial charge in [-0.1, -0.05) is 5.92 Å². The quantitative estimate of drug-likeness (QED) is 0.341. The van der Waals surface area contributed by atoms with Crippen LogP contribution in [0.4, 0.5) is 0 Å². The summed E-state index contributed by atoms with van der Waals surface area (Å²) in [4.78, 5) is 0. The third kappa shape index (κ3) is 4.79. The summed E-state index contributed by atoms with van der Waals surface area (Å²) in [6.07, 6.45) is 7.20. The summed E-state index contributed by atoms with van der Waals surface area (Å²) in [5.74, 6) is 7.72. The molecule has 64 valence electrons. The number of terminal acetylenes is 1. The molecular weight excluding hydrogens is 140 g/mol. The molecule has 3 N–H and O–H groups in total. The van der Waals surface area contributed by atoms with Crippen LogP contribution in [0.2, 0.25) is 0 Å². The molecule has 2 atom stereocenters. The van der Waals surface area contributed by atoms with Gasteiger partial charge in [-0.15, -0.1) is 6.42 Å². The van der Waals surface area contributed by atoms with Gasteiger partial charge in [0, 0.05) is 7.11 Å². The van der Waals surface area contributed by atoms with Crippen molar-refractivity contribution in [2.75, 3.05) is 7.11 Å². The first-order valence-electron chi connectivity index (χ1n) is 3.69. The van der Waals surface area contributed by atoms with Crippen molar-refractivity contribution in [2.45, 2.75) is 31.9 Å². The predicted molar refractivity (Wildman–Crippen MR) is 45.6 cm³/mol. The second kappa shape index (κ2) is 6.17. The number of hydrazine groups is 1. The lowest BCUT2D eigenvalue weighted by Crippen LogP contribution is -2.34. The zero-order valence-corrected chi connectivity index (χ0v) is 7.13. The lowest BCUT2D eigenvalue weighted by Gasteiger charge is -2.12. The average molecular weight is 156 g/mol. The lowest BCUT2D eigenvalue weighted by atomic mass is 10.1. The van der Waals surface area contributed by atoms with Gasteiger partial charge in [-0.05, 0) is 19.8 Å². The number of hydrogen-bond donors (Lipinski definition) is 2. The Labute approximate surface area is 68.3 Å². The maximum absolute atomic E-state index is 5.18. The molecule has 0 fully saturated rings. The molecule has 11 heavy (non-hydrogen) atoms. The predicted octanol–water partition coefficient (Wildman–Crippen LogP) is 0.267. The van der Waals surface area contributed by atoms with Crippen molar-refractivity contribution in [3.8, 4) is 12.3 Å². The van der Waals surface area contributed by atoms with Crippen molar-refractivity contribution in [3.63, 3.8) is 0 Å². The number of rotatable bonds is 5. The molecular formula is C8H16N2O. The minimum Gasteiger partial charge on any atom is -0.382 e. The summed E-state index contributed by atoms with van der Waals surface area (Å²) < 4.78 is 5.05. The fourth-order valence-electron chi connectivity index (χ4n) is 0.734. The third-order valence-electron chi connectivity index (χ3n) is 1.67. The molecule has 0 saturated carbocycles. The van der Waals surface area contributed by atoms with Crippen molar-refractivity contribution in [1.82, 2.24) is 5.43 Å². The van der Waals surface area contributed by atoms with Gasteiger partial charge in [-0.25, -0.2) is 5.43 Å². The largest absolute Gasteiger partial charge is 0.382 e. The van der Waals surface area contributed by atoms with Crippen molar-refractivity contribution in [3.05, 3.63) is 0 Å². The molecule has 0 rings (SSSR count). The summed E-state index contributed by atoms with van der Waals surface area (Å²) >= 11 is 0. The Morgan fingerprint density at radius 2 is 2.27 bits per heavy atom. The molecule has 0 aromatic heterocycles. The van der Waals surface area contributed by atoms with Gasteiger partial charge in [0.15, 0.2) is 0 Å². The van der Waals surface area contributed by atoms with Crippen LogP contribution in [0.3, 0.4) is 0 Å². The normalized spacial score (nSPS) is 15.5. The minimum atomic E-state index is -0.0346. The molecule has 3 heteroatoms. The molecule has 2 unspecified atom stereocenters. The summed E-state index contributed by atoms with van der Waals surface area (Å²) in [6.45, 7) is 2.00. The van der Waals surface area contributed by atoms with Crippen molar-refractivity contribution in [1.29, 1.82) is 0 Å². The SMILES string of the molecule is C#CC(CCC(C)OC)NN.